The summed E-state index contributed by atoms with van der Waals surface area (Å²) in [6.07, 6.45) is 1.33. The van der Waals surface area contributed by atoms with Crippen molar-refractivity contribution in [3.63, 3.8) is 0 Å². The van der Waals surface area contributed by atoms with Gasteiger partial charge in [0.25, 0.3) is 10.2 Å². The average Bonchev–Trinajstić information content (AvgIpc) is 3.39. The third kappa shape index (κ3) is 4.51. The SMILES string of the molecule is C[C@@H](NS(N)(=O)=O)[C@H]1C(=O)N2C(C(=O)O)=C(S[C@@H]3CN[C@H](C(=O)N4CC[C@H](N)C4)C3)[C@H](C)[C@@H]12. The van der Waals surface area contributed by atoms with E-state index >= 15 is 0 Å². The highest BCUT2D eigenvalue weighted by atomic mass is 32.2. The van der Waals surface area contributed by atoms with Gasteiger partial charge in [0.1, 0.15) is 5.70 Å². The Morgan fingerprint density at radius 3 is 2.64 bits per heavy atom. The third-order valence-electron chi connectivity index (χ3n) is 6.90. The van der Waals surface area contributed by atoms with Crippen LogP contribution in [0.1, 0.15) is 26.7 Å². The number of fused-ring (bicyclic) bond motifs is 1. The molecule has 7 N–H and O–H groups in total. The standard InChI is InChI=1S/C19H30N6O6S2/c1-8-14-13(9(2)23-33(21,30)31)18(27)25(14)15(19(28)29)16(8)32-11-5-12(22-6-11)17(26)24-4-3-10(20)7-24/h8-14,22-23H,3-7,20H2,1-2H3,(H,28,29)(H2,21,30,31)/t8-,9-,10+,11+,12+,13-,14+/m1/s1. The lowest BCUT2D eigenvalue weighted by atomic mass is 9.78. The summed E-state index contributed by atoms with van der Waals surface area (Å²) in [5, 5.41) is 18.1. The zero-order valence-corrected chi connectivity index (χ0v) is 20.1. The molecule has 3 saturated heterocycles. The van der Waals surface area contributed by atoms with Gasteiger partial charge in [-0.15, -0.1) is 11.8 Å². The molecule has 4 rings (SSSR count). The lowest BCUT2D eigenvalue weighted by molar-refractivity contribution is -0.157. The molecule has 4 heterocycles. The lowest BCUT2D eigenvalue weighted by Crippen LogP contribution is -2.66. The quantitative estimate of drug-likeness (QED) is 0.244. The molecule has 0 aromatic heterocycles. The molecule has 4 aliphatic rings. The first kappa shape index (κ1) is 24.4. The van der Waals surface area contributed by atoms with Crippen LogP contribution in [0.25, 0.3) is 0 Å². The molecule has 0 saturated carbocycles. The van der Waals surface area contributed by atoms with Crippen LogP contribution in [0.3, 0.4) is 0 Å². The largest absolute Gasteiger partial charge is 0.477 e. The molecule has 33 heavy (non-hydrogen) atoms. The van der Waals surface area contributed by atoms with Crippen LogP contribution in [0.5, 0.6) is 0 Å². The minimum Gasteiger partial charge on any atom is -0.477 e. The topological polar surface area (TPSA) is 188 Å². The number of amides is 2. The van der Waals surface area contributed by atoms with Gasteiger partial charge in [-0.25, -0.2) is 9.93 Å². The van der Waals surface area contributed by atoms with Gasteiger partial charge in [0.15, 0.2) is 0 Å². The summed E-state index contributed by atoms with van der Waals surface area (Å²) < 4.78 is 25.1. The van der Waals surface area contributed by atoms with Crippen molar-refractivity contribution in [1.29, 1.82) is 0 Å². The van der Waals surface area contributed by atoms with E-state index in [0.29, 0.717) is 31.0 Å². The minimum atomic E-state index is -4.01. The monoisotopic (exact) mass is 502 g/mol. The van der Waals surface area contributed by atoms with Crippen LogP contribution in [-0.4, -0.2) is 90.2 Å². The average molecular weight is 503 g/mol. The van der Waals surface area contributed by atoms with E-state index in [1.165, 1.54) is 16.7 Å². The van der Waals surface area contributed by atoms with Gasteiger partial charge in [-0.1, -0.05) is 6.92 Å². The molecule has 0 radical (unpaired) electrons. The maximum atomic E-state index is 12.8. The first-order valence-corrected chi connectivity index (χ1v) is 13.4. The van der Waals surface area contributed by atoms with E-state index in [-0.39, 0.29) is 34.9 Å². The zero-order chi connectivity index (χ0) is 24.2. The summed E-state index contributed by atoms with van der Waals surface area (Å²) in [7, 11) is -4.01. The predicted molar refractivity (Wildman–Crippen MR) is 121 cm³/mol. The molecule has 2 amide bonds. The highest BCUT2D eigenvalue weighted by Gasteiger charge is 2.60. The van der Waals surface area contributed by atoms with Crippen molar-refractivity contribution >= 4 is 39.8 Å². The van der Waals surface area contributed by atoms with Gasteiger partial charge in [-0.2, -0.15) is 13.1 Å². The van der Waals surface area contributed by atoms with Crippen LogP contribution in [0, 0.1) is 11.8 Å². The number of likely N-dealkylation sites (tertiary alicyclic amines) is 1. The van der Waals surface area contributed by atoms with E-state index in [2.05, 4.69) is 10.0 Å². The van der Waals surface area contributed by atoms with Crippen molar-refractivity contribution in [2.45, 2.75) is 56.1 Å². The fourth-order valence-electron chi connectivity index (χ4n) is 5.40. The number of carboxylic acids is 1. The normalized spacial score (nSPS) is 35.1. The lowest BCUT2D eigenvalue weighted by Gasteiger charge is -2.47. The molecule has 7 atom stereocenters. The third-order valence-corrected chi connectivity index (χ3v) is 9.11. The number of carboxylic acid groups (broad SMARTS) is 1. The van der Waals surface area contributed by atoms with E-state index in [0.717, 1.165) is 6.42 Å². The summed E-state index contributed by atoms with van der Waals surface area (Å²) in [6.45, 7) is 5.12. The van der Waals surface area contributed by atoms with Gasteiger partial charge in [0, 0.05) is 47.8 Å². The smallest absolute Gasteiger partial charge is 0.353 e. The van der Waals surface area contributed by atoms with E-state index < -0.39 is 40.1 Å². The number of hydrogen-bond donors (Lipinski definition) is 5. The Kier molecular flexibility index (Phi) is 6.52. The van der Waals surface area contributed by atoms with E-state index in [1.807, 2.05) is 6.92 Å². The minimum absolute atomic E-state index is 0.00397. The number of β-lactam (4-membered cyclic amide) rings is 1. The van der Waals surface area contributed by atoms with Crippen LogP contribution in [0.2, 0.25) is 0 Å². The Bertz CT molecular complexity index is 1000. The number of rotatable bonds is 7. The molecule has 12 nitrogen and oxygen atoms in total. The van der Waals surface area contributed by atoms with Crippen LogP contribution in [-0.2, 0) is 24.6 Å². The van der Waals surface area contributed by atoms with Crippen molar-refractivity contribution in [3.05, 3.63) is 10.6 Å². The Morgan fingerprint density at radius 2 is 2.06 bits per heavy atom. The van der Waals surface area contributed by atoms with Crippen LogP contribution in [0.4, 0.5) is 0 Å². The molecule has 0 aliphatic carbocycles. The second-order valence-electron chi connectivity index (χ2n) is 9.25. The molecule has 3 fully saturated rings. The Morgan fingerprint density at radius 1 is 1.36 bits per heavy atom. The van der Waals surface area contributed by atoms with Crippen molar-refractivity contribution in [3.8, 4) is 0 Å². The summed E-state index contributed by atoms with van der Waals surface area (Å²) in [5.41, 5.74) is 5.86. The summed E-state index contributed by atoms with van der Waals surface area (Å²) >= 11 is 1.38. The number of nitrogens with one attached hydrogen (secondary N) is 2. The molecule has 0 bridgehead atoms. The fraction of sp³-hybridized carbons (Fsp3) is 0.737. The predicted octanol–water partition coefficient (Wildman–Crippen LogP) is -2.04. The number of thioether (sulfide) groups is 1. The van der Waals surface area contributed by atoms with Crippen molar-refractivity contribution < 1.29 is 27.9 Å². The zero-order valence-electron chi connectivity index (χ0n) is 18.4. The first-order chi connectivity index (χ1) is 15.4. The van der Waals surface area contributed by atoms with Crippen molar-refractivity contribution in [2.24, 2.45) is 22.7 Å². The Labute approximate surface area is 196 Å². The van der Waals surface area contributed by atoms with Gasteiger partial charge in [-0.05, 0) is 19.8 Å². The molecular weight excluding hydrogens is 472 g/mol. The number of carbonyl (C=O) groups is 3. The Hall–Kier alpha value is -1.71. The maximum absolute atomic E-state index is 12.8. The van der Waals surface area contributed by atoms with Crippen molar-refractivity contribution in [1.82, 2.24) is 19.8 Å². The van der Waals surface area contributed by atoms with Gasteiger partial charge >= 0.3 is 5.97 Å². The molecule has 0 unspecified atom stereocenters. The maximum Gasteiger partial charge on any atom is 0.353 e. The fourth-order valence-corrected chi connectivity index (χ4v) is 7.54. The van der Waals surface area contributed by atoms with Crippen LogP contribution in [0.15, 0.2) is 10.6 Å². The summed E-state index contributed by atoms with van der Waals surface area (Å²) in [5.74, 6) is -2.62. The van der Waals surface area contributed by atoms with Crippen LogP contribution < -0.4 is 20.9 Å². The second kappa shape index (κ2) is 8.82. The molecular formula is C19H30N6O6S2. The number of nitrogens with two attached hydrogens (primary N) is 2. The molecule has 14 heteroatoms. The van der Waals surface area contributed by atoms with E-state index in [4.69, 9.17) is 10.9 Å². The van der Waals surface area contributed by atoms with Gasteiger partial charge < -0.3 is 26.0 Å². The van der Waals surface area contributed by atoms with Crippen LogP contribution >= 0.6 is 11.8 Å². The molecule has 4 aliphatic heterocycles. The van der Waals surface area contributed by atoms with E-state index in [1.54, 1.807) is 11.8 Å². The number of hydrogen-bond acceptors (Lipinski definition) is 8. The number of carbonyl (C=O) groups excluding carboxylic acids is 2. The van der Waals surface area contributed by atoms with Crippen molar-refractivity contribution in [2.75, 3.05) is 19.6 Å². The summed E-state index contributed by atoms with van der Waals surface area (Å²) in [4.78, 5) is 41.2. The number of aliphatic carboxylic acids is 1. The van der Waals surface area contributed by atoms with Gasteiger partial charge in [0.05, 0.1) is 18.0 Å². The highest BCUT2D eigenvalue weighted by molar-refractivity contribution is 8.03. The second-order valence-corrected chi connectivity index (χ2v) is 11.9. The molecule has 0 spiro atoms. The highest BCUT2D eigenvalue weighted by Crippen LogP contribution is 2.51. The van der Waals surface area contributed by atoms with E-state index in [9.17, 15) is 27.9 Å². The van der Waals surface area contributed by atoms with Gasteiger partial charge in [-0.3, -0.25) is 9.59 Å². The molecule has 0 aromatic rings. The molecule has 184 valence electrons. The first-order valence-electron chi connectivity index (χ1n) is 10.9. The molecule has 0 aromatic carbocycles. The summed E-state index contributed by atoms with van der Waals surface area (Å²) in [6, 6.07) is -1.57. The van der Waals surface area contributed by atoms with Gasteiger partial charge in [0.2, 0.25) is 11.8 Å². The Balaban J connectivity index is 1.46. The number of nitrogens with zero attached hydrogens (tertiary/aromatic N) is 2.